The second-order valence-electron chi connectivity index (χ2n) is 8.60. The van der Waals surface area contributed by atoms with Crippen molar-refractivity contribution in [1.29, 1.82) is 0 Å². The minimum absolute atomic E-state index is 0.0782. The van der Waals surface area contributed by atoms with E-state index in [0.717, 1.165) is 18.5 Å². The van der Waals surface area contributed by atoms with Crippen LogP contribution in [-0.2, 0) is 6.30 Å². The minimum Gasteiger partial charge on any atom is -0.491 e. The van der Waals surface area contributed by atoms with Gasteiger partial charge in [0.2, 0.25) is 0 Å². The average molecular weight is 511 g/mol. The predicted octanol–water partition coefficient (Wildman–Crippen LogP) is 4.15. The number of aromatic nitrogens is 5. The predicted molar refractivity (Wildman–Crippen MR) is 124 cm³/mol. The summed E-state index contributed by atoms with van der Waals surface area (Å²) in [4.78, 5) is 23.0. The van der Waals surface area contributed by atoms with Gasteiger partial charge in [-0.3, -0.25) is 9.20 Å². The van der Waals surface area contributed by atoms with Crippen LogP contribution in [0, 0.1) is 5.82 Å². The topological polar surface area (TPSA) is 104 Å². The number of nitrogens with two attached hydrogens (primary N) is 1. The first-order chi connectivity index (χ1) is 17.6. The number of rotatable bonds is 3. The van der Waals surface area contributed by atoms with E-state index in [0.29, 0.717) is 27.9 Å². The Kier molecular flexibility index (Phi) is 4.87. The second-order valence-corrected chi connectivity index (χ2v) is 8.60. The minimum atomic E-state index is -4.62. The molecule has 0 unspecified atom stereocenters. The summed E-state index contributed by atoms with van der Waals surface area (Å²) in [5.41, 5.74) is 8.40. The molecule has 1 aliphatic rings. The number of hydrogen-bond acceptors (Lipinski definition) is 6. The van der Waals surface area contributed by atoms with Crippen LogP contribution in [0.5, 0.6) is 5.75 Å². The molecule has 0 aliphatic carbocycles. The lowest BCUT2D eigenvalue weighted by Gasteiger charge is -2.24. The van der Waals surface area contributed by atoms with Crippen molar-refractivity contribution in [2.24, 2.45) is 0 Å². The molecule has 0 saturated carbocycles. The third kappa shape index (κ3) is 3.61. The Morgan fingerprint density at radius 2 is 1.97 bits per heavy atom. The molecule has 0 bridgehead atoms. The Morgan fingerprint density at radius 3 is 2.73 bits per heavy atom. The molecule has 0 fully saturated rings. The van der Waals surface area contributed by atoms with E-state index in [4.69, 9.17) is 10.5 Å². The Balaban J connectivity index is 1.31. The van der Waals surface area contributed by atoms with Gasteiger partial charge in [0.1, 0.15) is 29.5 Å². The summed E-state index contributed by atoms with van der Waals surface area (Å²) in [6, 6.07) is 6.91. The van der Waals surface area contributed by atoms with Crippen LogP contribution in [0.4, 0.5) is 23.4 Å². The molecule has 0 spiro atoms. The van der Waals surface area contributed by atoms with E-state index in [1.54, 1.807) is 22.6 Å². The molecule has 9 nitrogen and oxygen atoms in total. The zero-order chi connectivity index (χ0) is 26.1. The maximum absolute atomic E-state index is 15.0. The molecule has 4 heterocycles. The zero-order valence-electron chi connectivity index (χ0n) is 19.1. The summed E-state index contributed by atoms with van der Waals surface area (Å²) in [7, 11) is 1.53. The van der Waals surface area contributed by atoms with Crippen molar-refractivity contribution >= 4 is 28.3 Å². The molecule has 0 radical (unpaired) electrons. The van der Waals surface area contributed by atoms with Crippen molar-refractivity contribution in [1.82, 2.24) is 29.0 Å². The lowest BCUT2D eigenvalue weighted by Crippen LogP contribution is -2.32. The Hall–Kier alpha value is -4.68. The number of carbonyl (C=O) groups is 1. The van der Waals surface area contributed by atoms with Crippen LogP contribution in [0.1, 0.15) is 22.0 Å². The summed E-state index contributed by atoms with van der Waals surface area (Å²) in [6.45, 7) is 0.0991. The summed E-state index contributed by atoms with van der Waals surface area (Å²) in [6.07, 6.45) is 0.395. The molecule has 13 heteroatoms. The summed E-state index contributed by atoms with van der Waals surface area (Å²) >= 11 is 0. The van der Waals surface area contributed by atoms with Gasteiger partial charge in [-0.1, -0.05) is 12.1 Å². The van der Waals surface area contributed by atoms with Gasteiger partial charge in [0.25, 0.3) is 5.91 Å². The molecule has 5 aromatic rings. The highest BCUT2D eigenvalue weighted by Gasteiger charge is 2.34. The SMILES string of the molecule is CN(C(=O)c1cc2c(cc1F)nc(N)c1cncn12)[C@@H]1COc2cc(-c3cnn(C(F)(F)F)c3)ccc21. The number of alkyl halides is 3. The third-order valence-electron chi connectivity index (χ3n) is 6.43. The van der Waals surface area contributed by atoms with Crippen LogP contribution < -0.4 is 10.5 Å². The van der Waals surface area contributed by atoms with Gasteiger partial charge in [-0.25, -0.2) is 14.4 Å². The van der Waals surface area contributed by atoms with E-state index in [-0.39, 0.29) is 33.8 Å². The highest BCUT2D eigenvalue weighted by atomic mass is 19.4. The molecule has 2 aromatic carbocycles. The van der Waals surface area contributed by atoms with E-state index in [1.807, 2.05) is 0 Å². The number of likely N-dealkylation sites (N-methyl/N-ethyl adjacent to an activating group) is 1. The fourth-order valence-corrected chi connectivity index (χ4v) is 4.50. The number of nitrogens with zero attached hydrogens (tertiary/aromatic N) is 6. The number of carbonyl (C=O) groups excluding carboxylic acids is 1. The maximum Gasteiger partial charge on any atom is 0.504 e. The fourth-order valence-electron chi connectivity index (χ4n) is 4.50. The normalized spacial score (nSPS) is 15.2. The molecule has 1 atom stereocenters. The molecule has 1 amide bonds. The van der Waals surface area contributed by atoms with E-state index in [1.165, 1.54) is 30.5 Å². The number of hydrogen-bond donors (Lipinski definition) is 1. The van der Waals surface area contributed by atoms with Crippen LogP contribution in [-0.4, -0.2) is 48.6 Å². The average Bonchev–Trinajstić information content (AvgIpc) is 3.62. The van der Waals surface area contributed by atoms with E-state index in [9.17, 15) is 18.0 Å². The van der Waals surface area contributed by atoms with Crippen LogP contribution >= 0.6 is 0 Å². The number of imidazole rings is 1. The van der Waals surface area contributed by atoms with Crippen LogP contribution in [0.25, 0.3) is 27.7 Å². The van der Waals surface area contributed by atoms with E-state index < -0.39 is 24.1 Å². The highest BCUT2D eigenvalue weighted by Crippen LogP contribution is 2.39. The molecular weight excluding hydrogens is 494 g/mol. The van der Waals surface area contributed by atoms with Gasteiger partial charge in [0.05, 0.1) is 41.4 Å². The highest BCUT2D eigenvalue weighted by molar-refractivity contribution is 5.98. The second kappa shape index (κ2) is 7.91. The van der Waals surface area contributed by atoms with Gasteiger partial charge in [-0.15, -0.1) is 13.2 Å². The maximum atomic E-state index is 15.0. The Bertz CT molecular complexity index is 1710. The first kappa shape index (κ1) is 22.8. The first-order valence-corrected chi connectivity index (χ1v) is 11.0. The van der Waals surface area contributed by atoms with Crippen LogP contribution in [0.3, 0.4) is 0 Å². The van der Waals surface area contributed by atoms with E-state index >= 15 is 4.39 Å². The molecule has 1 aliphatic heterocycles. The zero-order valence-corrected chi connectivity index (χ0v) is 19.1. The number of nitrogen functional groups attached to an aromatic ring is 1. The van der Waals surface area contributed by atoms with Crippen molar-refractivity contribution in [3.63, 3.8) is 0 Å². The lowest BCUT2D eigenvalue weighted by atomic mass is 10.0. The third-order valence-corrected chi connectivity index (χ3v) is 6.43. The molecule has 6 rings (SSSR count). The molecule has 2 N–H and O–H groups in total. The summed E-state index contributed by atoms with van der Waals surface area (Å²) in [5.74, 6) is -0.737. The fraction of sp³-hybridized carbons (Fsp3) is 0.167. The smallest absolute Gasteiger partial charge is 0.491 e. The lowest BCUT2D eigenvalue weighted by molar-refractivity contribution is -0.212. The Labute approximate surface area is 205 Å². The van der Waals surface area contributed by atoms with Gasteiger partial charge in [-0.05, 0) is 17.7 Å². The number of halogens is 4. The Morgan fingerprint density at radius 1 is 1.16 bits per heavy atom. The van der Waals surface area contributed by atoms with Crippen molar-refractivity contribution in [2.45, 2.75) is 12.3 Å². The van der Waals surface area contributed by atoms with E-state index in [2.05, 4.69) is 15.1 Å². The molecule has 188 valence electrons. The number of fused-ring (bicyclic) bond motifs is 4. The number of amides is 1. The van der Waals surface area contributed by atoms with Gasteiger partial charge in [0, 0.05) is 30.4 Å². The van der Waals surface area contributed by atoms with Crippen molar-refractivity contribution in [3.05, 3.63) is 72.2 Å². The van der Waals surface area contributed by atoms with Gasteiger partial charge in [-0.2, -0.15) is 9.78 Å². The molecule has 3 aromatic heterocycles. The molecular formula is C24H17F4N7O2. The van der Waals surface area contributed by atoms with Crippen LogP contribution in [0.15, 0.2) is 55.2 Å². The quantitative estimate of drug-likeness (QED) is 0.365. The molecule has 0 saturated heterocycles. The first-order valence-electron chi connectivity index (χ1n) is 11.0. The van der Waals surface area contributed by atoms with Crippen molar-refractivity contribution in [2.75, 3.05) is 19.4 Å². The van der Waals surface area contributed by atoms with Crippen molar-refractivity contribution in [3.8, 4) is 16.9 Å². The van der Waals surface area contributed by atoms with Crippen molar-refractivity contribution < 1.29 is 27.1 Å². The van der Waals surface area contributed by atoms with Gasteiger partial charge < -0.3 is 15.4 Å². The van der Waals surface area contributed by atoms with Crippen LogP contribution in [0.2, 0.25) is 0 Å². The summed E-state index contributed by atoms with van der Waals surface area (Å²) < 4.78 is 61.0. The number of anilines is 1. The monoisotopic (exact) mass is 511 g/mol. The number of benzene rings is 2. The largest absolute Gasteiger partial charge is 0.504 e. The summed E-state index contributed by atoms with van der Waals surface area (Å²) in [5, 5.41) is 3.35. The molecule has 37 heavy (non-hydrogen) atoms. The van der Waals surface area contributed by atoms with Gasteiger partial charge >= 0.3 is 6.30 Å². The van der Waals surface area contributed by atoms with Gasteiger partial charge in [0.15, 0.2) is 0 Å². The number of ether oxygens (including phenoxy) is 1. The standard InChI is InChI=1S/C24H17F4N7O2/c1-33(23(36)15-5-18-17(6-16(15)25)32-22(29)19-8-30-11-34(18)19)20-10-37-21-4-12(2-3-14(20)21)13-7-31-35(9-13)24(26,27)28/h2-9,11,20H,10H2,1H3,(H2,29,32)/t20-/m1/s1.